The monoisotopic (exact) mass is 466 g/mol. The number of esters is 2. The quantitative estimate of drug-likeness (QED) is 0.676. The number of carbonyl (C=O) groups is 3. The van der Waals surface area contributed by atoms with E-state index in [1.165, 1.54) is 17.0 Å². The van der Waals surface area contributed by atoms with Gasteiger partial charge in [0.05, 0.1) is 11.4 Å². The van der Waals surface area contributed by atoms with Gasteiger partial charge in [-0.05, 0) is 36.2 Å². The van der Waals surface area contributed by atoms with Gasteiger partial charge in [0.15, 0.2) is 0 Å². The standard InChI is InChI=1S/C24H23FN4O5/c25-17-7-5-16(6-8-17)13-28-15-24(33-21(30)9-10-22(31)34-24)29(20-4-2-1-3-19(20)28)23(32)27-12-11-18(26)14-27/h1-10,18H,11-15,26H2/t18-/m0/s1. The van der Waals surface area contributed by atoms with Gasteiger partial charge in [-0.2, -0.15) is 0 Å². The zero-order valence-electron chi connectivity index (χ0n) is 18.2. The predicted octanol–water partition coefficient (Wildman–Crippen LogP) is 2.12. The van der Waals surface area contributed by atoms with E-state index in [1.54, 1.807) is 29.2 Å². The second-order valence-electron chi connectivity index (χ2n) is 8.47. The number of likely N-dealkylation sites (tertiary alicyclic amines) is 1. The molecule has 0 aromatic heterocycles. The lowest BCUT2D eigenvalue weighted by Crippen LogP contribution is -2.67. The molecule has 1 saturated heterocycles. The van der Waals surface area contributed by atoms with Crippen LogP contribution in [0.4, 0.5) is 20.6 Å². The first-order chi connectivity index (χ1) is 16.3. The van der Waals surface area contributed by atoms with Crippen LogP contribution in [0.1, 0.15) is 12.0 Å². The number of ether oxygens (including phenoxy) is 2. The van der Waals surface area contributed by atoms with Gasteiger partial charge < -0.3 is 25.0 Å². The Balaban J connectivity index is 1.61. The highest BCUT2D eigenvalue weighted by molar-refractivity contribution is 6.01. The van der Waals surface area contributed by atoms with Crippen LogP contribution in [0.2, 0.25) is 0 Å². The summed E-state index contributed by atoms with van der Waals surface area (Å²) in [7, 11) is 0. The predicted molar refractivity (Wildman–Crippen MR) is 120 cm³/mol. The Kier molecular flexibility index (Phi) is 5.45. The molecular weight excluding hydrogens is 443 g/mol. The van der Waals surface area contributed by atoms with E-state index in [4.69, 9.17) is 15.2 Å². The highest BCUT2D eigenvalue weighted by atomic mass is 19.1. The Morgan fingerprint density at radius 3 is 2.29 bits per heavy atom. The summed E-state index contributed by atoms with van der Waals surface area (Å²) in [6, 6.07) is 12.4. The maximum absolute atomic E-state index is 13.7. The van der Waals surface area contributed by atoms with Crippen LogP contribution in [0, 0.1) is 5.82 Å². The van der Waals surface area contributed by atoms with Crippen LogP contribution in [0.25, 0.3) is 0 Å². The van der Waals surface area contributed by atoms with E-state index in [0.717, 1.165) is 17.7 Å². The van der Waals surface area contributed by atoms with E-state index in [-0.39, 0.29) is 24.9 Å². The van der Waals surface area contributed by atoms with Gasteiger partial charge in [0.1, 0.15) is 12.4 Å². The number of carbonyl (C=O) groups excluding carboxylic acids is 3. The molecule has 1 spiro atoms. The number of para-hydroxylation sites is 2. The lowest BCUT2D eigenvalue weighted by molar-refractivity contribution is -0.215. The van der Waals surface area contributed by atoms with Crippen molar-refractivity contribution >= 4 is 29.3 Å². The van der Waals surface area contributed by atoms with Gasteiger partial charge in [0.2, 0.25) is 0 Å². The van der Waals surface area contributed by atoms with Crippen LogP contribution in [-0.4, -0.2) is 54.5 Å². The Morgan fingerprint density at radius 1 is 1.03 bits per heavy atom. The fourth-order valence-electron chi connectivity index (χ4n) is 4.50. The van der Waals surface area contributed by atoms with Crippen molar-refractivity contribution in [3.8, 4) is 0 Å². The van der Waals surface area contributed by atoms with Gasteiger partial charge in [0.25, 0.3) is 0 Å². The number of halogens is 1. The molecule has 2 aromatic carbocycles. The molecule has 0 saturated carbocycles. The summed E-state index contributed by atoms with van der Waals surface area (Å²) in [5.74, 6) is -4.04. The number of hydrogen-bond acceptors (Lipinski definition) is 7. The van der Waals surface area contributed by atoms with Crippen LogP contribution < -0.4 is 15.5 Å². The first-order valence-corrected chi connectivity index (χ1v) is 10.9. The molecule has 0 unspecified atom stereocenters. The Morgan fingerprint density at radius 2 is 1.68 bits per heavy atom. The second-order valence-corrected chi connectivity index (χ2v) is 8.47. The Labute approximate surface area is 195 Å². The Bertz CT molecular complexity index is 1150. The minimum absolute atomic E-state index is 0.147. The van der Waals surface area contributed by atoms with Crippen molar-refractivity contribution in [2.75, 3.05) is 29.4 Å². The maximum Gasteiger partial charge on any atom is 0.369 e. The summed E-state index contributed by atoms with van der Waals surface area (Å²) in [6.07, 6.45) is 2.57. The van der Waals surface area contributed by atoms with Crippen LogP contribution in [-0.2, 0) is 25.6 Å². The van der Waals surface area contributed by atoms with Crippen LogP contribution in [0.3, 0.4) is 0 Å². The molecule has 3 aliphatic heterocycles. The van der Waals surface area contributed by atoms with Crippen molar-refractivity contribution in [3.05, 3.63) is 72.1 Å². The molecule has 0 aliphatic carbocycles. The highest BCUT2D eigenvalue weighted by Gasteiger charge is 2.55. The van der Waals surface area contributed by atoms with Crippen LogP contribution in [0.15, 0.2) is 60.7 Å². The van der Waals surface area contributed by atoms with Crippen LogP contribution in [0.5, 0.6) is 0 Å². The van der Waals surface area contributed by atoms with Crippen molar-refractivity contribution in [3.63, 3.8) is 0 Å². The molecule has 176 valence electrons. The smallest absolute Gasteiger partial charge is 0.369 e. The minimum atomic E-state index is -2.05. The number of amides is 2. The number of benzene rings is 2. The number of nitrogens with zero attached hydrogens (tertiary/aromatic N) is 3. The first-order valence-electron chi connectivity index (χ1n) is 10.9. The molecule has 10 heteroatoms. The molecule has 0 bridgehead atoms. The zero-order valence-corrected chi connectivity index (χ0v) is 18.2. The molecular formula is C24H23FN4O5. The van der Waals surface area contributed by atoms with Gasteiger partial charge in [-0.3, -0.25) is 0 Å². The molecule has 2 amide bonds. The summed E-state index contributed by atoms with van der Waals surface area (Å²) >= 11 is 0. The summed E-state index contributed by atoms with van der Waals surface area (Å²) in [5, 5.41) is 0. The number of urea groups is 1. The average molecular weight is 466 g/mol. The molecule has 9 nitrogen and oxygen atoms in total. The first kappa shape index (κ1) is 21.9. The number of anilines is 2. The molecule has 0 radical (unpaired) electrons. The largest absolute Gasteiger partial charge is 0.398 e. The third kappa shape index (κ3) is 3.96. The molecule has 5 rings (SSSR count). The van der Waals surface area contributed by atoms with Crippen LogP contribution >= 0.6 is 0 Å². The van der Waals surface area contributed by atoms with Gasteiger partial charge in [-0.15, -0.1) is 0 Å². The third-order valence-corrected chi connectivity index (χ3v) is 6.04. The van der Waals surface area contributed by atoms with Crippen molar-refractivity contribution in [2.24, 2.45) is 5.73 Å². The average Bonchev–Trinajstić information content (AvgIpc) is 3.19. The van der Waals surface area contributed by atoms with Crippen molar-refractivity contribution in [1.82, 2.24) is 4.90 Å². The van der Waals surface area contributed by atoms with Crippen molar-refractivity contribution in [2.45, 2.75) is 24.9 Å². The third-order valence-electron chi connectivity index (χ3n) is 6.04. The maximum atomic E-state index is 13.7. The second kappa shape index (κ2) is 8.45. The van der Waals surface area contributed by atoms with Gasteiger partial charge >= 0.3 is 23.9 Å². The summed E-state index contributed by atoms with van der Waals surface area (Å²) in [5.41, 5.74) is 7.87. The number of hydrogen-bond donors (Lipinski definition) is 1. The summed E-state index contributed by atoms with van der Waals surface area (Å²) < 4.78 is 24.7. The fourth-order valence-corrected chi connectivity index (χ4v) is 4.50. The van der Waals surface area contributed by atoms with Gasteiger partial charge in [-0.1, -0.05) is 24.3 Å². The lowest BCUT2D eigenvalue weighted by atomic mass is 10.1. The fraction of sp³-hybridized carbons (Fsp3) is 0.292. The molecule has 2 N–H and O–H groups in total. The molecule has 3 aliphatic rings. The van der Waals surface area contributed by atoms with Gasteiger partial charge in [0, 0.05) is 37.8 Å². The molecule has 34 heavy (non-hydrogen) atoms. The number of rotatable bonds is 2. The van der Waals surface area contributed by atoms with E-state index >= 15 is 0 Å². The van der Waals surface area contributed by atoms with E-state index in [1.807, 2.05) is 17.0 Å². The molecule has 3 heterocycles. The topological polar surface area (TPSA) is 105 Å². The van der Waals surface area contributed by atoms with Gasteiger partial charge in [-0.25, -0.2) is 23.7 Å². The molecule has 1 fully saturated rings. The summed E-state index contributed by atoms with van der Waals surface area (Å²) in [6.45, 7) is 0.894. The van der Waals surface area contributed by atoms with E-state index < -0.39 is 23.9 Å². The normalized spacial score (nSPS) is 21.2. The number of fused-ring (bicyclic) bond motifs is 1. The lowest BCUT2D eigenvalue weighted by Gasteiger charge is -2.48. The summed E-state index contributed by atoms with van der Waals surface area (Å²) in [4.78, 5) is 43.3. The highest BCUT2D eigenvalue weighted by Crippen LogP contribution is 2.43. The Hall–Kier alpha value is -3.92. The number of nitrogens with two attached hydrogens (primary N) is 1. The zero-order chi connectivity index (χ0) is 23.9. The minimum Gasteiger partial charge on any atom is -0.398 e. The molecule has 1 atom stereocenters. The van der Waals surface area contributed by atoms with E-state index in [0.29, 0.717) is 30.9 Å². The SMILES string of the molecule is N[C@H]1CCN(C(=O)N2c3ccccc3N(Cc3ccc(F)cc3)CC23OC(=O)C=CC(=O)O3)C1. The van der Waals surface area contributed by atoms with Crippen molar-refractivity contribution < 1.29 is 28.2 Å². The van der Waals surface area contributed by atoms with Crippen molar-refractivity contribution in [1.29, 1.82) is 0 Å². The molecule has 2 aromatic rings. The van der Waals surface area contributed by atoms with E-state index in [9.17, 15) is 18.8 Å². The van der Waals surface area contributed by atoms with E-state index in [2.05, 4.69) is 0 Å².